The number of ether oxygens (including phenoxy) is 2. The zero-order valence-electron chi connectivity index (χ0n) is 8.21. The van der Waals surface area contributed by atoms with Gasteiger partial charge in [-0.25, -0.2) is 0 Å². The first-order valence-electron chi connectivity index (χ1n) is 4.56. The van der Waals surface area contributed by atoms with Gasteiger partial charge < -0.3 is 14.8 Å². The molecule has 0 spiro atoms. The zero-order chi connectivity index (χ0) is 9.68. The summed E-state index contributed by atoms with van der Waals surface area (Å²) in [6.07, 6.45) is 1.58. The van der Waals surface area contributed by atoms with Gasteiger partial charge in [0.2, 0.25) is 5.91 Å². The van der Waals surface area contributed by atoms with Crippen molar-refractivity contribution in [3.8, 4) is 0 Å². The first kappa shape index (κ1) is 10.5. The van der Waals surface area contributed by atoms with E-state index < -0.39 is 0 Å². The monoisotopic (exact) mass is 187 g/mol. The van der Waals surface area contributed by atoms with Crippen LogP contribution in [-0.2, 0) is 14.3 Å². The molecule has 0 bridgehead atoms. The van der Waals surface area contributed by atoms with Crippen LogP contribution in [0.25, 0.3) is 0 Å². The molecule has 1 heterocycles. The summed E-state index contributed by atoms with van der Waals surface area (Å²) in [6, 6.07) is 0. The molecule has 0 aromatic carbocycles. The van der Waals surface area contributed by atoms with Crippen LogP contribution in [0.2, 0.25) is 0 Å². The van der Waals surface area contributed by atoms with E-state index in [1.807, 2.05) is 0 Å². The van der Waals surface area contributed by atoms with Gasteiger partial charge in [0.05, 0.1) is 6.10 Å². The van der Waals surface area contributed by atoms with E-state index in [4.69, 9.17) is 9.47 Å². The number of rotatable bonds is 5. The van der Waals surface area contributed by atoms with Crippen LogP contribution in [0.1, 0.15) is 12.8 Å². The van der Waals surface area contributed by atoms with Gasteiger partial charge in [-0.1, -0.05) is 0 Å². The summed E-state index contributed by atoms with van der Waals surface area (Å²) in [5.74, 6) is 0.442. The summed E-state index contributed by atoms with van der Waals surface area (Å²) >= 11 is 0. The fourth-order valence-electron chi connectivity index (χ4n) is 1.67. The summed E-state index contributed by atoms with van der Waals surface area (Å²) < 4.78 is 10.3. The SMILES string of the molecule is COCCC(OC)C1CNC(=O)C1. The number of carbonyl (C=O) groups excluding carboxylic acids is 1. The van der Waals surface area contributed by atoms with E-state index in [9.17, 15) is 4.79 Å². The number of hydrogen-bond donors (Lipinski definition) is 1. The van der Waals surface area contributed by atoms with Crippen molar-refractivity contribution in [2.24, 2.45) is 5.92 Å². The highest BCUT2D eigenvalue weighted by atomic mass is 16.5. The second-order valence-corrected chi connectivity index (χ2v) is 3.32. The second-order valence-electron chi connectivity index (χ2n) is 3.32. The maximum atomic E-state index is 10.9. The minimum absolute atomic E-state index is 0.129. The molecule has 0 aliphatic carbocycles. The van der Waals surface area contributed by atoms with Crippen molar-refractivity contribution in [2.75, 3.05) is 27.4 Å². The van der Waals surface area contributed by atoms with E-state index in [2.05, 4.69) is 5.32 Å². The summed E-state index contributed by atoms with van der Waals surface area (Å²) in [6.45, 7) is 1.42. The summed E-state index contributed by atoms with van der Waals surface area (Å²) in [5.41, 5.74) is 0. The van der Waals surface area contributed by atoms with Gasteiger partial charge in [0, 0.05) is 39.7 Å². The minimum Gasteiger partial charge on any atom is -0.385 e. The number of methoxy groups -OCH3 is 2. The lowest BCUT2D eigenvalue weighted by atomic mass is 9.99. The molecule has 1 aliphatic rings. The third-order valence-electron chi connectivity index (χ3n) is 2.44. The van der Waals surface area contributed by atoms with Crippen LogP contribution < -0.4 is 5.32 Å². The third-order valence-corrected chi connectivity index (χ3v) is 2.44. The predicted octanol–water partition coefficient (Wildman–Crippen LogP) is 0.174. The smallest absolute Gasteiger partial charge is 0.220 e. The number of amides is 1. The highest BCUT2D eigenvalue weighted by molar-refractivity contribution is 5.78. The first-order valence-corrected chi connectivity index (χ1v) is 4.56. The average molecular weight is 187 g/mol. The van der Waals surface area contributed by atoms with Crippen molar-refractivity contribution >= 4 is 5.91 Å². The molecule has 0 radical (unpaired) electrons. The van der Waals surface area contributed by atoms with Gasteiger partial charge >= 0.3 is 0 Å². The molecule has 2 atom stereocenters. The molecule has 0 aromatic heterocycles. The molecule has 1 amide bonds. The predicted molar refractivity (Wildman–Crippen MR) is 48.4 cm³/mol. The Morgan fingerprint density at radius 3 is 2.85 bits per heavy atom. The molecule has 1 N–H and O–H groups in total. The lowest BCUT2D eigenvalue weighted by molar-refractivity contribution is -0.119. The molecule has 0 saturated carbocycles. The van der Waals surface area contributed by atoms with Gasteiger partial charge in [-0.15, -0.1) is 0 Å². The Bertz CT molecular complexity index is 172. The lowest BCUT2D eigenvalue weighted by Gasteiger charge is -2.19. The van der Waals surface area contributed by atoms with Crippen molar-refractivity contribution < 1.29 is 14.3 Å². The Morgan fingerprint density at radius 1 is 1.62 bits per heavy atom. The topological polar surface area (TPSA) is 47.6 Å². The maximum Gasteiger partial charge on any atom is 0.220 e. The Balaban J connectivity index is 2.33. The van der Waals surface area contributed by atoms with Gasteiger partial charge in [-0.2, -0.15) is 0 Å². The van der Waals surface area contributed by atoms with Crippen molar-refractivity contribution in [1.29, 1.82) is 0 Å². The highest BCUT2D eigenvalue weighted by Gasteiger charge is 2.28. The first-order chi connectivity index (χ1) is 6.27. The van der Waals surface area contributed by atoms with Crippen molar-refractivity contribution in [3.63, 3.8) is 0 Å². The summed E-state index contributed by atoms with van der Waals surface area (Å²) in [7, 11) is 3.36. The number of carbonyl (C=O) groups is 1. The van der Waals surface area contributed by atoms with E-state index in [1.165, 1.54) is 0 Å². The standard InChI is InChI=1S/C9H17NO3/c1-12-4-3-8(13-2)7-5-9(11)10-6-7/h7-8H,3-6H2,1-2H3,(H,10,11). The fourth-order valence-corrected chi connectivity index (χ4v) is 1.67. The van der Waals surface area contributed by atoms with Crippen LogP contribution in [0.15, 0.2) is 0 Å². The lowest BCUT2D eigenvalue weighted by Crippen LogP contribution is -2.26. The summed E-state index contributed by atoms with van der Waals surface area (Å²) in [5, 5.41) is 2.80. The molecule has 1 saturated heterocycles. The zero-order valence-corrected chi connectivity index (χ0v) is 8.21. The van der Waals surface area contributed by atoms with Crippen LogP contribution in [0.5, 0.6) is 0 Å². The fraction of sp³-hybridized carbons (Fsp3) is 0.889. The molecular formula is C9H17NO3. The van der Waals surface area contributed by atoms with Crippen LogP contribution in [0.3, 0.4) is 0 Å². The highest BCUT2D eigenvalue weighted by Crippen LogP contribution is 2.18. The summed E-state index contributed by atoms with van der Waals surface area (Å²) in [4.78, 5) is 10.9. The van der Waals surface area contributed by atoms with Gasteiger partial charge in [0.15, 0.2) is 0 Å². The van der Waals surface area contributed by atoms with Gasteiger partial charge in [-0.05, 0) is 6.42 Å². The Hall–Kier alpha value is -0.610. The molecular weight excluding hydrogens is 170 g/mol. The molecule has 1 fully saturated rings. The van der Waals surface area contributed by atoms with Crippen molar-refractivity contribution in [3.05, 3.63) is 0 Å². The van der Waals surface area contributed by atoms with Gasteiger partial charge in [0.25, 0.3) is 0 Å². The third kappa shape index (κ3) is 2.97. The molecule has 2 unspecified atom stereocenters. The van der Waals surface area contributed by atoms with E-state index in [1.54, 1.807) is 14.2 Å². The second kappa shape index (κ2) is 5.19. The number of nitrogens with one attached hydrogen (secondary N) is 1. The molecule has 13 heavy (non-hydrogen) atoms. The molecule has 4 heteroatoms. The van der Waals surface area contributed by atoms with E-state index in [0.717, 1.165) is 13.0 Å². The molecule has 1 aliphatic heterocycles. The normalized spacial score (nSPS) is 24.5. The number of hydrogen-bond acceptors (Lipinski definition) is 3. The van der Waals surface area contributed by atoms with E-state index in [0.29, 0.717) is 18.9 Å². The van der Waals surface area contributed by atoms with Crippen LogP contribution in [0, 0.1) is 5.92 Å². The van der Waals surface area contributed by atoms with Gasteiger partial charge in [-0.3, -0.25) is 4.79 Å². The maximum absolute atomic E-state index is 10.9. The molecule has 4 nitrogen and oxygen atoms in total. The minimum atomic E-state index is 0.129. The van der Waals surface area contributed by atoms with Crippen LogP contribution >= 0.6 is 0 Å². The van der Waals surface area contributed by atoms with Gasteiger partial charge in [0.1, 0.15) is 0 Å². The Labute approximate surface area is 78.6 Å². The molecule has 1 rings (SSSR count). The molecule has 76 valence electrons. The van der Waals surface area contributed by atoms with Crippen molar-refractivity contribution in [1.82, 2.24) is 5.32 Å². The Morgan fingerprint density at radius 2 is 2.38 bits per heavy atom. The Kier molecular flexibility index (Phi) is 4.18. The molecule has 0 aromatic rings. The van der Waals surface area contributed by atoms with E-state index >= 15 is 0 Å². The average Bonchev–Trinajstić information content (AvgIpc) is 2.54. The van der Waals surface area contributed by atoms with Crippen molar-refractivity contribution in [2.45, 2.75) is 18.9 Å². The van der Waals surface area contributed by atoms with Crippen LogP contribution in [-0.4, -0.2) is 39.4 Å². The quantitative estimate of drug-likeness (QED) is 0.667. The van der Waals surface area contributed by atoms with Crippen LogP contribution in [0.4, 0.5) is 0 Å². The largest absolute Gasteiger partial charge is 0.385 e. The van der Waals surface area contributed by atoms with E-state index in [-0.39, 0.29) is 12.0 Å².